The summed E-state index contributed by atoms with van der Waals surface area (Å²) in [6.45, 7) is 0.567. The molecule has 4 nitrogen and oxygen atoms in total. The summed E-state index contributed by atoms with van der Waals surface area (Å²) in [6.07, 6.45) is -1.22. The fraction of sp³-hybridized carbons (Fsp3) is 0.267. The number of thiophene rings is 1. The van der Waals surface area contributed by atoms with Gasteiger partial charge in [0.25, 0.3) is 0 Å². The molecule has 106 valence electrons. The topological polar surface area (TPSA) is 58.6 Å². The van der Waals surface area contributed by atoms with Crippen molar-refractivity contribution in [2.45, 2.75) is 18.7 Å². The molecule has 0 saturated heterocycles. The molecule has 0 fully saturated rings. The van der Waals surface area contributed by atoms with Crippen LogP contribution in [0.15, 0.2) is 47.8 Å². The maximum absolute atomic E-state index is 11.6. The molecule has 0 bridgehead atoms. The van der Waals surface area contributed by atoms with Crippen molar-refractivity contribution in [1.29, 1.82) is 0 Å². The van der Waals surface area contributed by atoms with Gasteiger partial charge < -0.3 is 15.2 Å². The van der Waals surface area contributed by atoms with Crippen molar-refractivity contribution in [2.75, 3.05) is 7.11 Å². The molecule has 0 saturated carbocycles. The summed E-state index contributed by atoms with van der Waals surface area (Å²) in [5.41, 5.74) is 1.09. The Kier molecular flexibility index (Phi) is 5.29. The number of aliphatic hydroxyl groups is 1. The Hall–Kier alpha value is -1.69. The number of esters is 1. The minimum Gasteiger partial charge on any atom is -0.467 e. The van der Waals surface area contributed by atoms with Crippen molar-refractivity contribution >= 4 is 17.3 Å². The third-order valence-corrected chi connectivity index (χ3v) is 3.93. The molecule has 2 rings (SSSR count). The van der Waals surface area contributed by atoms with Crippen molar-refractivity contribution in [3.8, 4) is 0 Å². The summed E-state index contributed by atoms with van der Waals surface area (Å²) < 4.78 is 4.62. The first-order valence-corrected chi connectivity index (χ1v) is 7.17. The number of carbonyl (C=O) groups excluding carboxylic acids is 1. The van der Waals surface area contributed by atoms with Gasteiger partial charge in [-0.1, -0.05) is 36.4 Å². The second kappa shape index (κ2) is 7.19. The van der Waals surface area contributed by atoms with Gasteiger partial charge in [-0.3, -0.25) is 0 Å². The molecule has 0 spiro atoms. The standard InChI is InChI=1S/C15H17NO3S/c1-19-15(18)14(17)13(12-8-5-9-20-12)16-10-11-6-3-2-4-7-11/h2-9,13-14,16-17H,10H2,1H3. The lowest BCUT2D eigenvalue weighted by atomic mass is 10.1. The Morgan fingerprint density at radius 2 is 2.05 bits per heavy atom. The van der Waals surface area contributed by atoms with E-state index < -0.39 is 18.1 Å². The molecule has 2 atom stereocenters. The van der Waals surface area contributed by atoms with E-state index in [1.165, 1.54) is 18.4 Å². The van der Waals surface area contributed by atoms with Crippen LogP contribution in [0, 0.1) is 0 Å². The highest BCUT2D eigenvalue weighted by atomic mass is 32.1. The van der Waals surface area contributed by atoms with E-state index in [9.17, 15) is 9.90 Å². The number of hydrogen-bond donors (Lipinski definition) is 2. The van der Waals surface area contributed by atoms with Crippen molar-refractivity contribution in [2.24, 2.45) is 0 Å². The average Bonchev–Trinajstić information content (AvgIpc) is 3.01. The van der Waals surface area contributed by atoms with Crippen LogP contribution in [0.4, 0.5) is 0 Å². The van der Waals surface area contributed by atoms with Crippen LogP contribution in [0.25, 0.3) is 0 Å². The van der Waals surface area contributed by atoms with E-state index >= 15 is 0 Å². The Labute approximate surface area is 122 Å². The minimum absolute atomic E-state index is 0.470. The van der Waals surface area contributed by atoms with Crippen LogP contribution in [-0.4, -0.2) is 24.3 Å². The molecule has 0 aliphatic heterocycles. The van der Waals surface area contributed by atoms with Gasteiger partial charge in [0.15, 0.2) is 6.10 Å². The largest absolute Gasteiger partial charge is 0.467 e. The zero-order valence-electron chi connectivity index (χ0n) is 11.2. The molecule has 2 aromatic rings. The highest BCUT2D eigenvalue weighted by Crippen LogP contribution is 2.23. The second-order valence-corrected chi connectivity index (χ2v) is 5.31. The fourth-order valence-electron chi connectivity index (χ4n) is 1.92. The maximum Gasteiger partial charge on any atom is 0.336 e. The quantitative estimate of drug-likeness (QED) is 0.800. The monoisotopic (exact) mass is 291 g/mol. The van der Waals surface area contributed by atoms with E-state index in [1.807, 2.05) is 47.8 Å². The van der Waals surface area contributed by atoms with E-state index in [-0.39, 0.29) is 0 Å². The normalized spacial score (nSPS) is 13.7. The molecule has 2 N–H and O–H groups in total. The van der Waals surface area contributed by atoms with Gasteiger partial charge in [-0.25, -0.2) is 4.79 Å². The Morgan fingerprint density at radius 1 is 1.30 bits per heavy atom. The smallest absolute Gasteiger partial charge is 0.336 e. The predicted molar refractivity (Wildman–Crippen MR) is 78.4 cm³/mol. The molecule has 2 unspecified atom stereocenters. The van der Waals surface area contributed by atoms with Gasteiger partial charge in [0, 0.05) is 11.4 Å². The van der Waals surface area contributed by atoms with Gasteiger partial charge in [0.1, 0.15) is 0 Å². The van der Waals surface area contributed by atoms with Crippen molar-refractivity contribution in [3.05, 3.63) is 58.3 Å². The molecule has 1 aromatic heterocycles. The van der Waals surface area contributed by atoms with E-state index in [2.05, 4.69) is 10.1 Å². The number of carbonyl (C=O) groups is 1. The Morgan fingerprint density at radius 3 is 2.65 bits per heavy atom. The summed E-state index contributed by atoms with van der Waals surface area (Å²) in [4.78, 5) is 12.5. The number of hydrogen-bond acceptors (Lipinski definition) is 5. The van der Waals surface area contributed by atoms with E-state index in [0.29, 0.717) is 6.54 Å². The van der Waals surface area contributed by atoms with Gasteiger partial charge in [-0.2, -0.15) is 0 Å². The van der Waals surface area contributed by atoms with Crippen LogP contribution in [-0.2, 0) is 16.1 Å². The number of ether oxygens (including phenoxy) is 1. The predicted octanol–water partition coefficient (Wildman–Crippen LogP) is 2.11. The number of benzene rings is 1. The zero-order valence-corrected chi connectivity index (χ0v) is 12.0. The average molecular weight is 291 g/mol. The number of rotatable bonds is 6. The first-order chi connectivity index (χ1) is 9.72. The molecular formula is C15H17NO3S. The van der Waals surface area contributed by atoms with Gasteiger partial charge in [-0.15, -0.1) is 11.3 Å². The molecule has 0 amide bonds. The van der Waals surface area contributed by atoms with E-state index in [1.54, 1.807) is 0 Å². The van der Waals surface area contributed by atoms with Crippen LogP contribution in [0.1, 0.15) is 16.5 Å². The van der Waals surface area contributed by atoms with Gasteiger partial charge in [-0.05, 0) is 17.0 Å². The molecule has 0 aliphatic rings. The fourth-order valence-corrected chi connectivity index (χ4v) is 2.75. The van der Waals surface area contributed by atoms with E-state index in [0.717, 1.165) is 10.4 Å². The molecule has 1 heterocycles. The molecule has 0 aliphatic carbocycles. The highest BCUT2D eigenvalue weighted by molar-refractivity contribution is 7.10. The first kappa shape index (κ1) is 14.7. The number of methoxy groups -OCH3 is 1. The second-order valence-electron chi connectivity index (χ2n) is 4.33. The third-order valence-electron chi connectivity index (χ3n) is 2.98. The Bertz CT molecular complexity index is 527. The minimum atomic E-state index is -1.22. The summed E-state index contributed by atoms with van der Waals surface area (Å²) in [6, 6.07) is 13.1. The van der Waals surface area contributed by atoms with Crippen molar-refractivity contribution in [1.82, 2.24) is 5.32 Å². The van der Waals surface area contributed by atoms with Gasteiger partial charge >= 0.3 is 5.97 Å². The van der Waals surface area contributed by atoms with Crippen LogP contribution in [0.5, 0.6) is 0 Å². The summed E-state index contributed by atoms with van der Waals surface area (Å²) in [5.74, 6) is -0.635. The summed E-state index contributed by atoms with van der Waals surface area (Å²) in [7, 11) is 1.27. The van der Waals surface area contributed by atoms with Gasteiger partial charge in [0.2, 0.25) is 0 Å². The zero-order chi connectivity index (χ0) is 14.4. The molecule has 5 heteroatoms. The lowest BCUT2D eigenvalue weighted by Crippen LogP contribution is -2.37. The molecule has 1 aromatic carbocycles. The molecule has 20 heavy (non-hydrogen) atoms. The SMILES string of the molecule is COC(=O)C(O)C(NCc1ccccc1)c1cccs1. The van der Waals surface area contributed by atoms with Crippen LogP contribution < -0.4 is 5.32 Å². The number of nitrogens with one attached hydrogen (secondary N) is 1. The van der Waals surface area contributed by atoms with Crippen LogP contribution >= 0.6 is 11.3 Å². The lowest BCUT2D eigenvalue weighted by molar-refractivity contribution is -0.152. The van der Waals surface area contributed by atoms with Crippen LogP contribution in [0.2, 0.25) is 0 Å². The van der Waals surface area contributed by atoms with E-state index in [4.69, 9.17) is 0 Å². The summed E-state index contributed by atoms with van der Waals surface area (Å²) in [5, 5.41) is 15.2. The first-order valence-electron chi connectivity index (χ1n) is 6.29. The van der Waals surface area contributed by atoms with Gasteiger partial charge in [0.05, 0.1) is 13.2 Å². The molecule has 0 radical (unpaired) electrons. The number of aliphatic hydroxyl groups excluding tert-OH is 1. The van der Waals surface area contributed by atoms with Crippen molar-refractivity contribution in [3.63, 3.8) is 0 Å². The Balaban J connectivity index is 2.09. The van der Waals surface area contributed by atoms with Crippen LogP contribution in [0.3, 0.4) is 0 Å². The van der Waals surface area contributed by atoms with Crippen molar-refractivity contribution < 1.29 is 14.6 Å². The third kappa shape index (κ3) is 3.66. The maximum atomic E-state index is 11.6. The lowest BCUT2D eigenvalue weighted by Gasteiger charge is -2.21. The highest BCUT2D eigenvalue weighted by Gasteiger charge is 2.28. The summed E-state index contributed by atoms with van der Waals surface area (Å²) >= 11 is 1.49. The molecular weight excluding hydrogens is 274 g/mol.